The highest BCUT2D eigenvalue weighted by Crippen LogP contribution is 2.21. The summed E-state index contributed by atoms with van der Waals surface area (Å²) in [6.45, 7) is 0.461. The van der Waals surface area contributed by atoms with Crippen LogP contribution in [0.4, 0.5) is 0 Å². The van der Waals surface area contributed by atoms with Crippen LogP contribution in [0.5, 0.6) is 0 Å². The number of rotatable bonds is 1. The van der Waals surface area contributed by atoms with Crippen LogP contribution in [0.25, 0.3) is 10.9 Å². The van der Waals surface area contributed by atoms with Crippen LogP contribution in [0.3, 0.4) is 0 Å². The molecular weight excluding hydrogens is 184 g/mol. The van der Waals surface area contributed by atoms with Crippen molar-refractivity contribution < 1.29 is 0 Å². The largest absolute Gasteiger partial charge is 0.325 e. The second-order valence-electron chi connectivity index (χ2n) is 2.81. The van der Waals surface area contributed by atoms with Crippen molar-refractivity contribution in [2.24, 2.45) is 5.73 Å². The van der Waals surface area contributed by atoms with E-state index in [0.717, 1.165) is 21.6 Å². The molecule has 66 valence electrons. The van der Waals surface area contributed by atoms with Crippen molar-refractivity contribution in [3.63, 3.8) is 0 Å². The number of fused-ring (bicyclic) bond motifs is 1. The molecular formula is C10H9ClN2. The lowest BCUT2D eigenvalue weighted by Gasteiger charge is -2.01. The second kappa shape index (κ2) is 3.32. The summed E-state index contributed by atoms with van der Waals surface area (Å²) in [5.41, 5.74) is 7.27. The first-order valence-electron chi connectivity index (χ1n) is 4.05. The number of hydrogen-bond donors (Lipinski definition) is 1. The van der Waals surface area contributed by atoms with E-state index < -0.39 is 0 Å². The fourth-order valence-electron chi connectivity index (χ4n) is 1.27. The Labute approximate surface area is 81.3 Å². The van der Waals surface area contributed by atoms with Gasteiger partial charge in [-0.05, 0) is 24.3 Å². The Balaban J connectivity index is 2.72. The molecule has 2 nitrogen and oxygen atoms in total. The van der Waals surface area contributed by atoms with E-state index in [4.69, 9.17) is 17.3 Å². The molecule has 0 saturated heterocycles. The summed E-state index contributed by atoms with van der Waals surface area (Å²) in [7, 11) is 0. The number of nitrogens with zero attached hydrogens (tertiary/aromatic N) is 1. The van der Waals surface area contributed by atoms with Crippen molar-refractivity contribution in [1.82, 2.24) is 4.98 Å². The zero-order valence-electron chi connectivity index (χ0n) is 7.00. The third-order valence-corrected chi connectivity index (χ3v) is 2.28. The molecule has 1 aromatic heterocycles. The highest BCUT2D eigenvalue weighted by Gasteiger charge is 1.99. The average Bonchev–Trinajstić information content (AvgIpc) is 2.18. The molecule has 13 heavy (non-hydrogen) atoms. The maximum atomic E-state index is 5.98. The third-order valence-electron chi connectivity index (χ3n) is 1.95. The van der Waals surface area contributed by atoms with E-state index in [1.54, 1.807) is 0 Å². The maximum absolute atomic E-state index is 5.98. The van der Waals surface area contributed by atoms with Gasteiger partial charge >= 0.3 is 0 Å². The van der Waals surface area contributed by atoms with Gasteiger partial charge in [0.15, 0.2) is 0 Å². The number of hydrogen-bond acceptors (Lipinski definition) is 2. The molecule has 0 aliphatic carbocycles. The van der Waals surface area contributed by atoms with Crippen LogP contribution in [-0.2, 0) is 6.54 Å². The van der Waals surface area contributed by atoms with Gasteiger partial charge in [0.2, 0.25) is 0 Å². The van der Waals surface area contributed by atoms with Gasteiger partial charge in [-0.3, -0.25) is 4.98 Å². The minimum atomic E-state index is 0.461. The predicted molar refractivity (Wildman–Crippen MR) is 54.6 cm³/mol. The fourth-order valence-corrected chi connectivity index (χ4v) is 1.51. The Bertz CT molecular complexity index is 440. The number of benzene rings is 1. The first-order chi connectivity index (χ1) is 6.31. The fraction of sp³-hybridized carbons (Fsp3) is 0.100. The van der Waals surface area contributed by atoms with Crippen LogP contribution in [0.1, 0.15) is 5.69 Å². The van der Waals surface area contributed by atoms with E-state index in [1.807, 2.05) is 30.3 Å². The molecule has 0 fully saturated rings. The van der Waals surface area contributed by atoms with Crippen molar-refractivity contribution in [3.8, 4) is 0 Å². The van der Waals surface area contributed by atoms with Crippen LogP contribution in [0.15, 0.2) is 30.3 Å². The Hall–Kier alpha value is -1.12. The molecule has 1 heterocycles. The third kappa shape index (κ3) is 1.50. The number of halogens is 1. The van der Waals surface area contributed by atoms with Gasteiger partial charge in [-0.2, -0.15) is 0 Å². The van der Waals surface area contributed by atoms with Crippen LogP contribution < -0.4 is 5.73 Å². The van der Waals surface area contributed by atoms with Gasteiger partial charge in [0.05, 0.1) is 11.2 Å². The van der Waals surface area contributed by atoms with Crippen molar-refractivity contribution in [2.45, 2.75) is 6.54 Å². The van der Waals surface area contributed by atoms with E-state index >= 15 is 0 Å². The lowest BCUT2D eigenvalue weighted by Crippen LogP contribution is -1.98. The summed E-state index contributed by atoms with van der Waals surface area (Å²) >= 11 is 5.98. The van der Waals surface area contributed by atoms with Gasteiger partial charge < -0.3 is 5.73 Å². The number of aromatic nitrogens is 1. The van der Waals surface area contributed by atoms with E-state index in [0.29, 0.717) is 6.54 Å². The SMILES string of the molecule is NCc1ccc2c(Cl)cccc2n1. The minimum absolute atomic E-state index is 0.461. The molecule has 0 bridgehead atoms. The lowest BCUT2D eigenvalue weighted by molar-refractivity contribution is 1.01. The Morgan fingerprint density at radius 1 is 1.23 bits per heavy atom. The van der Waals surface area contributed by atoms with Crippen molar-refractivity contribution >= 4 is 22.5 Å². The minimum Gasteiger partial charge on any atom is -0.325 e. The van der Waals surface area contributed by atoms with E-state index in [9.17, 15) is 0 Å². The van der Waals surface area contributed by atoms with Crippen LogP contribution in [0, 0.1) is 0 Å². The summed E-state index contributed by atoms with van der Waals surface area (Å²) in [5, 5.41) is 1.70. The van der Waals surface area contributed by atoms with Crippen LogP contribution in [-0.4, -0.2) is 4.98 Å². The topological polar surface area (TPSA) is 38.9 Å². The molecule has 0 aliphatic heterocycles. The first kappa shape index (κ1) is 8.48. The van der Waals surface area contributed by atoms with Crippen molar-refractivity contribution in [3.05, 3.63) is 41.0 Å². The van der Waals surface area contributed by atoms with Crippen molar-refractivity contribution in [2.75, 3.05) is 0 Å². The number of nitrogens with two attached hydrogens (primary N) is 1. The normalized spacial score (nSPS) is 10.6. The summed E-state index contributed by atoms with van der Waals surface area (Å²) in [6, 6.07) is 9.52. The second-order valence-corrected chi connectivity index (χ2v) is 3.22. The van der Waals surface area contributed by atoms with Gasteiger partial charge in [-0.15, -0.1) is 0 Å². The van der Waals surface area contributed by atoms with Crippen LogP contribution >= 0.6 is 11.6 Å². The molecule has 0 atom stereocenters. The smallest absolute Gasteiger partial charge is 0.0720 e. The van der Waals surface area contributed by atoms with Crippen molar-refractivity contribution in [1.29, 1.82) is 0 Å². The molecule has 2 rings (SSSR count). The predicted octanol–water partition coefficient (Wildman–Crippen LogP) is 2.35. The number of pyridine rings is 1. The first-order valence-corrected chi connectivity index (χ1v) is 4.43. The molecule has 1 aromatic carbocycles. The molecule has 0 saturated carbocycles. The molecule has 0 amide bonds. The van der Waals surface area contributed by atoms with Gasteiger partial charge in [-0.1, -0.05) is 17.7 Å². The Morgan fingerprint density at radius 2 is 2.08 bits per heavy atom. The molecule has 2 N–H and O–H groups in total. The Kier molecular flexibility index (Phi) is 2.17. The summed E-state index contributed by atoms with van der Waals surface area (Å²) in [4.78, 5) is 4.35. The monoisotopic (exact) mass is 192 g/mol. The van der Waals surface area contributed by atoms with Gasteiger partial charge in [0, 0.05) is 17.0 Å². The molecule has 3 heteroatoms. The maximum Gasteiger partial charge on any atom is 0.0720 e. The standard InChI is InChI=1S/C10H9ClN2/c11-9-2-1-3-10-8(9)5-4-7(6-12)13-10/h1-5H,6,12H2. The lowest BCUT2D eigenvalue weighted by atomic mass is 10.2. The molecule has 0 unspecified atom stereocenters. The summed E-state index contributed by atoms with van der Waals surface area (Å²) < 4.78 is 0. The quantitative estimate of drug-likeness (QED) is 0.754. The van der Waals surface area contributed by atoms with Gasteiger partial charge in [0.25, 0.3) is 0 Å². The Morgan fingerprint density at radius 3 is 2.85 bits per heavy atom. The molecule has 0 aliphatic rings. The summed E-state index contributed by atoms with van der Waals surface area (Å²) in [5.74, 6) is 0. The highest BCUT2D eigenvalue weighted by molar-refractivity contribution is 6.35. The van der Waals surface area contributed by atoms with Gasteiger partial charge in [-0.25, -0.2) is 0 Å². The van der Waals surface area contributed by atoms with E-state index in [2.05, 4.69) is 4.98 Å². The molecule has 0 radical (unpaired) electrons. The average molecular weight is 193 g/mol. The molecule has 2 aromatic rings. The highest BCUT2D eigenvalue weighted by atomic mass is 35.5. The van der Waals surface area contributed by atoms with E-state index in [-0.39, 0.29) is 0 Å². The molecule has 0 spiro atoms. The van der Waals surface area contributed by atoms with Crippen LogP contribution in [0.2, 0.25) is 5.02 Å². The summed E-state index contributed by atoms with van der Waals surface area (Å²) in [6.07, 6.45) is 0. The van der Waals surface area contributed by atoms with E-state index in [1.165, 1.54) is 0 Å². The zero-order valence-corrected chi connectivity index (χ0v) is 7.75. The zero-order chi connectivity index (χ0) is 9.26. The van der Waals surface area contributed by atoms with Gasteiger partial charge in [0.1, 0.15) is 0 Å².